The molecular formula is C8H10FP. The molecule has 1 rings (SSSR count). The minimum Gasteiger partial charge on any atom is -0.206 e. The van der Waals surface area contributed by atoms with Gasteiger partial charge in [0.15, 0.2) is 0 Å². The molecule has 54 valence electrons. The monoisotopic (exact) mass is 156 g/mol. The van der Waals surface area contributed by atoms with Gasteiger partial charge in [0.05, 0.1) is 0 Å². The van der Waals surface area contributed by atoms with Crippen LogP contribution in [0.4, 0.5) is 4.39 Å². The highest BCUT2D eigenvalue weighted by atomic mass is 31.0. The minimum atomic E-state index is -0.0880. The van der Waals surface area contributed by atoms with Gasteiger partial charge in [-0.2, -0.15) is 0 Å². The van der Waals surface area contributed by atoms with Gasteiger partial charge in [0.25, 0.3) is 0 Å². The van der Waals surface area contributed by atoms with Crippen LogP contribution < -0.4 is 5.30 Å². The summed E-state index contributed by atoms with van der Waals surface area (Å²) < 4.78 is 13.0. The van der Waals surface area contributed by atoms with E-state index in [0.29, 0.717) is 5.30 Å². The zero-order valence-electron chi connectivity index (χ0n) is 5.89. The van der Waals surface area contributed by atoms with Crippen LogP contribution in [0.1, 0.15) is 12.5 Å². The highest BCUT2D eigenvalue weighted by Gasteiger charge is 2.00. The van der Waals surface area contributed by atoms with Gasteiger partial charge in [-0.25, -0.2) is 4.39 Å². The first kappa shape index (κ1) is 7.68. The molecule has 0 amide bonds. The van der Waals surface area contributed by atoms with Crippen molar-refractivity contribution in [1.29, 1.82) is 0 Å². The van der Waals surface area contributed by atoms with E-state index < -0.39 is 0 Å². The molecule has 0 aliphatic rings. The lowest BCUT2D eigenvalue weighted by Crippen LogP contribution is -2.01. The summed E-state index contributed by atoms with van der Waals surface area (Å²) in [5.74, 6) is -0.0880. The van der Waals surface area contributed by atoms with Crippen molar-refractivity contribution in [3.8, 4) is 0 Å². The van der Waals surface area contributed by atoms with Crippen LogP contribution in [0.5, 0.6) is 0 Å². The van der Waals surface area contributed by atoms with Gasteiger partial charge in [-0.05, 0) is 12.0 Å². The van der Waals surface area contributed by atoms with Gasteiger partial charge in [0, 0.05) is 5.30 Å². The maximum absolute atomic E-state index is 13.0. The molecule has 0 fully saturated rings. The van der Waals surface area contributed by atoms with Crippen LogP contribution in [0.25, 0.3) is 0 Å². The number of aryl methyl sites for hydroxylation is 1. The molecule has 1 atom stereocenters. The third kappa shape index (κ3) is 1.35. The van der Waals surface area contributed by atoms with Crippen LogP contribution in [-0.4, -0.2) is 0 Å². The van der Waals surface area contributed by atoms with Crippen LogP contribution in [0.3, 0.4) is 0 Å². The Morgan fingerprint density at radius 2 is 2.20 bits per heavy atom. The smallest absolute Gasteiger partial charge is 0.133 e. The molecule has 0 radical (unpaired) electrons. The topological polar surface area (TPSA) is 0 Å². The number of hydrogen-bond donors (Lipinski definition) is 0. The summed E-state index contributed by atoms with van der Waals surface area (Å²) in [6.07, 6.45) is 0.758. The van der Waals surface area contributed by atoms with E-state index in [1.165, 1.54) is 0 Å². The maximum Gasteiger partial charge on any atom is 0.133 e. The molecule has 0 nitrogen and oxygen atoms in total. The Balaban J connectivity index is 3.14. The molecule has 1 unspecified atom stereocenters. The molecule has 1 aromatic rings. The molecule has 0 heterocycles. The van der Waals surface area contributed by atoms with Gasteiger partial charge in [-0.1, -0.05) is 25.1 Å². The molecule has 0 spiro atoms. The molecule has 0 saturated heterocycles. The van der Waals surface area contributed by atoms with Gasteiger partial charge >= 0.3 is 0 Å². The van der Waals surface area contributed by atoms with E-state index in [4.69, 9.17) is 0 Å². The minimum absolute atomic E-state index is 0.0880. The van der Waals surface area contributed by atoms with Crippen LogP contribution in [0.15, 0.2) is 18.2 Å². The van der Waals surface area contributed by atoms with Crippen molar-refractivity contribution in [3.63, 3.8) is 0 Å². The molecule has 0 saturated carbocycles. The highest BCUT2D eigenvalue weighted by Crippen LogP contribution is 2.06. The van der Waals surface area contributed by atoms with E-state index in [1.54, 1.807) is 6.07 Å². The van der Waals surface area contributed by atoms with Gasteiger partial charge < -0.3 is 0 Å². The van der Waals surface area contributed by atoms with E-state index in [9.17, 15) is 4.39 Å². The molecular weight excluding hydrogens is 146 g/mol. The summed E-state index contributed by atoms with van der Waals surface area (Å²) in [5, 5.41) is 0.652. The molecule has 0 aromatic heterocycles. The fraction of sp³-hybridized carbons (Fsp3) is 0.250. The predicted octanol–water partition coefficient (Wildman–Crippen LogP) is 1.89. The van der Waals surface area contributed by atoms with Crippen LogP contribution in [-0.2, 0) is 6.42 Å². The summed E-state index contributed by atoms with van der Waals surface area (Å²) in [6.45, 7) is 1.95. The Kier molecular flexibility index (Phi) is 2.39. The average Bonchev–Trinajstić information content (AvgIpc) is 1.95. The Hall–Kier alpha value is -0.420. The summed E-state index contributed by atoms with van der Waals surface area (Å²) in [6, 6.07) is 5.42. The van der Waals surface area contributed by atoms with E-state index in [0.717, 1.165) is 12.0 Å². The number of benzene rings is 1. The Morgan fingerprint density at radius 1 is 1.50 bits per heavy atom. The fourth-order valence-corrected chi connectivity index (χ4v) is 1.17. The zero-order chi connectivity index (χ0) is 7.56. The normalized spacial score (nSPS) is 9.90. The molecule has 0 aliphatic carbocycles. The quantitative estimate of drug-likeness (QED) is 0.544. The van der Waals surface area contributed by atoms with Crippen molar-refractivity contribution in [1.82, 2.24) is 0 Å². The van der Waals surface area contributed by atoms with Gasteiger partial charge in [0.2, 0.25) is 0 Å². The zero-order valence-corrected chi connectivity index (χ0v) is 7.05. The first-order valence-electron chi connectivity index (χ1n) is 3.28. The molecule has 0 aliphatic heterocycles. The SMILES string of the molecule is CCc1cccc(P)c1F. The molecule has 10 heavy (non-hydrogen) atoms. The van der Waals surface area contributed by atoms with Gasteiger partial charge in [-0.15, -0.1) is 9.24 Å². The van der Waals surface area contributed by atoms with Crippen molar-refractivity contribution < 1.29 is 4.39 Å². The van der Waals surface area contributed by atoms with Crippen LogP contribution in [0, 0.1) is 5.82 Å². The lowest BCUT2D eigenvalue weighted by Gasteiger charge is -2.00. The van der Waals surface area contributed by atoms with Gasteiger partial charge in [0.1, 0.15) is 5.82 Å². The lowest BCUT2D eigenvalue weighted by atomic mass is 10.2. The first-order chi connectivity index (χ1) is 4.75. The van der Waals surface area contributed by atoms with Crippen molar-refractivity contribution >= 4 is 14.5 Å². The van der Waals surface area contributed by atoms with Crippen molar-refractivity contribution in [2.45, 2.75) is 13.3 Å². The van der Waals surface area contributed by atoms with E-state index in [1.807, 2.05) is 19.1 Å². The molecule has 0 bridgehead atoms. The van der Waals surface area contributed by atoms with Crippen molar-refractivity contribution in [2.24, 2.45) is 0 Å². The van der Waals surface area contributed by atoms with E-state index >= 15 is 0 Å². The number of rotatable bonds is 1. The Bertz CT molecular complexity index is 233. The molecule has 0 N–H and O–H groups in total. The summed E-state index contributed by atoms with van der Waals surface area (Å²) in [4.78, 5) is 0. The lowest BCUT2D eigenvalue weighted by molar-refractivity contribution is 0.621. The Morgan fingerprint density at radius 3 is 2.70 bits per heavy atom. The summed E-state index contributed by atoms with van der Waals surface area (Å²) in [5.41, 5.74) is 0.785. The Labute approximate surface area is 62.7 Å². The van der Waals surface area contributed by atoms with E-state index in [2.05, 4.69) is 9.24 Å². The summed E-state index contributed by atoms with van der Waals surface area (Å²) in [7, 11) is 2.38. The number of halogens is 1. The fourth-order valence-electron chi connectivity index (χ4n) is 0.873. The first-order valence-corrected chi connectivity index (χ1v) is 3.86. The van der Waals surface area contributed by atoms with Gasteiger partial charge in [-0.3, -0.25) is 0 Å². The second-order valence-corrected chi connectivity index (χ2v) is 2.80. The second-order valence-electron chi connectivity index (χ2n) is 2.17. The van der Waals surface area contributed by atoms with E-state index in [-0.39, 0.29) is 5.82 Å². The van der Waals surface area contributed by atoms with Crippen molar-refractivity contribution in [2.75, 3.05) is 0 Å². The average molecular weight is 156 g/mol. The van der Waals surface area contributed by atoms with Crippen LogP contribution >= 0.6 is 9.24 Å². The third-order valence-corrected chi connectivity index (χ3v) is 1.94. The predicted molar refractivity (Wildman–Crippen MR) is 45.1 cm³/mol. The second kappa shape index (κ2) is 3.12. The summed E-state index contributed by atoms with van der Waals surface area (Å²) >= 11 is 0. The largest absolute Gasteiger partial charge is 0.206 e. The third-order valence-electron chi connectivity index (χ3n) is 1.49. The molecule has 1 aromatic carbocycles. The number of hydrogen-bond acceptors (Lipinski definition) is 0. The standard InChI is InChI=1S/C8H10FP/c1-2-6-4-3-5-7(10)8(6)9/h3-5H,2,10H2,1H3. The maximum atomic E-state index is 13.0. The molecule has 2 heteroatoms. The van der Waals surface area contributed by atoms with Crippen molar-refractivity contribution in [3.05, 3.63) is 29.6 Å². The highest BCUT2D eigenvalue weighted by molar-refractivity contribution is 7.27. The van der Waals surface area contributed by atoms with Crippen LogP contribution in [0.2, 0.25) is 0 Å².